The predicted molar refractivity (Wildman–Crippen MR) is 85.5 cm³/mol. The molecule has 0 radical (unpaired) electrons. The average Bonchev–Trinajstić information content (AvgIpc) is 2.89. The Morgan fingerprint density at radius 3 is 2.92 bits per heavy atom. The van der Waals surface area contributed by atoms with Gasteiger partial charge < -0.3 is 9.47 Å². The van der Waals surface area contributed by atoms with Crippen molar-refractivity contribution in [3.63, 3.8) is 0 Å². The molecule has 1 aromatic carbocycles. The maximum Gasteiger partial charge on any atom is 0.410 e. The van der Waals surface area contributed by atoms with Crippen LogP contribution in [0.5, 0.6) is 5.75 Å². The van der Waals surface area contributed by atoms with E-state index in [1.54, 1.807) is 11.0 Å². The van der Waals surface area contributed by atoms with Crippen LogP contribution in [0.15, 0.2) is 30.6 Å². The van der Waals surface area contributed by atoms with E-state index in [2.05, 4.69) is 14.7 Å². The number of hydrogen-bond acceptors (Lipinski definition) is 5. The van der Waals surface area contributed by atoms with Gasteiger partial charge in [-0.2, -0.15) is 8.78 Å². The topological polar surface area (TPSA) is 64.5 Å². The Hall–Kier alpha value is -2.48. The van der Waals surface area contributed by atoms with E-state index in [0.29, 0.717) is 23.6 Å². The summed E-state index contributed by atoms with van der Waals surface area (Å²) in [7, 11) is 0. The Morgan fingerprint density at radius 2 is 2.24 bits per heavy atom. The molecule has 1 amide bonds. The summed E-state index contributed by atoms with van der Waals surface area (Å²) in [5, 5.41) is 0.0711. The lowest BCUT2D eigenvalue weighted by Crippen LogP contribution is -2.30. The zero-order valence-electron chi connectivity index (χ0n) is 13.2. The van der Waals surface area contributed by atoms with Crippen molar-refractivity contribution in [1.29, 1.82) is 0 Å². The number of rotatable bonds is 5. The lowest BCUT2D eigenvalue weighted by Gasteiger charge is -2.17. The zero-order chi connectivity index (χ0) is 18.0. The summed E-state index contributed by atoms with van der Waals surface area (Å²) in [5.41, 5.74) is 1.52. The van der Waals surface area contributed by atoms with Gasteiger partial charge in [0, 0.05) is 5.56 Å². The van der Waals surface area contributed by atoms with E-state index in [0.717, 1.165) is 0 Å². The molecule has 1 unspecified atom stereocenters. The van der Waals surface area contributed by atoms with Crippen LogP contribution in [-0.4, -0.2) is 40.2 Å². The SMILES string of the molecule is CC1COC(=O)N1Cc1cncc(-c2ccc(Cl)c(OC(F)F)c2)n1. The van der Waals surface area contributed by atoms with Crippen LogP contribution in [0.4, 0.5) is 13.6 Å². The van der Waals surface area contributed by atoms with Crippen LogP contribution in [0, 0.1) is 0 Å². The lowest BCUT2D eigenvalue weighted by molar-refractivity contribution is -0.0497. The maximum absolute atomic E-state index is 12.4. The van der Waals surface area contributed by atoms with Crippen LogP contribution in [0.3, 0.4) is 0 Å². The number of alkyl halides is 2. The fourth-order valence-electron chi connectivity index (χ4n) is 2.41. The summed E-state index contributed by atoms with van der Waals surface area (Å²) >= 11 is 5.85. The van der Waals surface area contributed by atoms with Crippen LogP contribution in [-0.2, 0) is 11.3 Å². The third-order valence-electron chi connectivity index (χ3n) is 3.67. The van der Waals surface area contributed by atoms with Crippen molar-refractivity contribution in [3.05, 3.63) is 41.3 Å². The van der Waals surface area contributed by atoms with Crippen LogP contribution in [0.25, 0.3) is 11.3 Å². The van der Waals surface area contributed by atoms with Gasteiger partial charge in [-0.1, -0.05) is 17.7 Å². The number of cyclic esters (lactones) is 1. The highest BCUT2D eigenvalue weighted by molar-refractivity contribution is 6.32. The molecular weight excluding hydrogens is 356 g/mol. The Kier molecular flexibility index (Phi) is 4.98. The summed E-state index contributed by atoms with van der Waals surface area (Å²) < 4.78 is 34.2. The highest BCUT2D eigenvalue weighted by Gasteiger charge is 2.29. The number of ether oxygens (including phenoxy) is 2. The van der Waals surface area contributed by atoms with Crippen molar-refractivity contribution in [3.8, 4) is 17.0 Å². The van der Waals surface area contributed by atoms with Gasteiger partial charge in [0.25, 0.3) is 0 Å². The lowest BCUT2D eigenvalue weighted by atomic mass is 10.1. The van der Waals surface area contributed by atoms with Crippen molar-refractivity contribution in [1.82, 2.24) is 14.9 Å². The van der Waals surface area contributed by atoms with Gasteiger partial charge in [-0.25, -0.2) is 9.78 Å². The van der Waals surface area contributed by atoms with Crippen molar-refractivity contribution < 1.29 is 23.0 Å². The summed E-state index contributed by atoms with van der Waals surface area (Å²) in [4.78, 5) is 21.8. The quantitative estimate of drug-likeness (QED) is 0.803. The molecule has 2 heterocycles. The molecule has 1 aromatic heterocycles. The van der Waals surface area contributed by atoms with Crippen LogP contribution in [0.1, 0.15) is 12.6 Å². The van der Waals surface area contributed by atoms with Crippen LogP contribution in [0.2, 0.25) is 5.02 Å². The van der Waals surface area contributed by atoms with Gasteiger partial charge in [0.1, 0.15) is 12.4 Å². The predicted octanol–water partition coefficient (Wildman–Crippen LogP) is 3.74. The highest BCUT2D eigenvalue weighted by atomic mass is 35.5. The second kappa shape index (κ2) is 7.18. The molecule has 132 valence electrons. The molecule has 1 atom stereocenters. The Labute approximate surface area is 147 Å². The van der Waals surface area contributed by atoms with E-state index in [4.69, 9.17) is 16.3 Å². The van der Waals surface area contributed by atoms with Crippen molar-refractivity contribution in [2.24, 2.45) is 0 Å². The van der Waals surface area contributed by atoms with Crippen LogP contribution >= 0.6 is 11.6 Å². The molecule has 0 bridgehead atoms. The molecule has 6 nitrogen and oxygen atoms in total. The van der Waals surface area contributed by atoms with E-state index >= 15 is 0 Å². The molecule has 0 spiro atoms. The van der Waals surface area contributed by atoms with E-state index in [-0.39, 0.29) is 23.4 Å². The van der Waals surface area contributed by atoms with Crippen molar-refractivity contribution >= 4 is 17.7 Å². The molecule has 2 aromatic rings. The van der Waals surface area contributed by atoms with Gasteiger partial charge in [0.15, 0.2) is 0 Å². The zero-order valence-corrected chi connectivity index (χ0v) is 13.9. The molecule has 0 saturated carbocycles. The van der Waals surface area contributed by atoms with E-state index < -0.39 is 12.7 Å². The smallest absolute Gasteiger partial charge is 0.410 e. The van der Waals surface area contributed by atoms with Gasteiger partial charge >= 0.3 is 12.7 Å². The average molecular weight is 370 g/mol. The van der Waals surface area contributed by atoms with Gasteiger partial charge in [-0.3, -0.25) is 9.88 Å². The molecule has 1 aliphatic rings. The Morgan fingerprint density at radius 1 is 1.44 bits per heavy atom. The first-order valence-electron chi connectivity index (χ1n) is 7.43. The number of carbonyl (C=O) groups excluding carboxylic acids is 1. The summed E-state index contributed by atoms with van der Waals surface area (Å²) in [6.07, 6.45) is 2.62. The minimum atomic E-state index is -2.98. The second-order valence-corrected chi connectivity index (χ2v) is 5.88. The van der Waals surface area contributed by atoms with Gasteiger partial charge in [0.05, 0.1) is 41.4 Å². The Balaban J connectivity index is 1.85. The third kappa shape index (κ3) is 3.96. The number of carbonyl (C=O) groups is 1. The summed E-state index contributed by atoms with van der Waals surface area (Å²) in [5.74, 6) is -0.141. The monoisotopic (exact) mass is 369 g/mol. The standard InChI is InChI=1S/C16H14ClF2N3O3/c1-9-8-24-16(23)22(9)7-11-5-20-6-13(21-11)10-2-3-12(17)14(4-10)25-15(18)19/h2-6,9,15H,7-8H2,1H3. The number of halogens is 3. The molecule has 3 rings (SSSR count). The van der Waals surface area contributed by atoms with Gasteiger partial charge in [0.2, 0.25) is 0 Å². The molecule has 1 saturated heterocycles. The van der Waals surface area contributed by atoms with Gasteiger partial charge in [-0.15, -0.1) is 0 Å². The fourth-order valence-corrected chi connectivity index (χ4v) is 2.57. The number of aromatic nitrogens is 2. The van der Waals surface area contributed by atoms with Crippen LogP contribution < -0.4 is 4.74 Å². The van der Waals surface area contributed by atoms with E-state index in [1.807, 2.05) is 6.92 Å². The third-order valence-corrected chi connectivity index (χ3v) is 3.99. The normalized spacial score (nSPS) is 17.1. The molecule has 1 fully saturated rings. The first-order valence-corrected chi connectivity index (χ1v) is 7.81. The highest BCUT2D eigenvalue weighted by Crippen LogP contribution is 2.31. The van der Waals surface area contributed by atoms with E-state index in [9.17, 15) is 13.6 Å². The number of amides is 1. The van der Waals surface area contributed by atoms with E-state index in [1.165, 1.54) is 24.5 Å². The molecule has 0 N–H and O–H groups in total. The molecule has 0 aliphatic carbocycles. The van der Waals surface area contributed by atoms with Gasteiger partial charge in [-0.05, 0) is 19.1 Å². The molecule has 9 heteroatoms. The second-order valence-electron chi connectivity index (χ2n) is 5.47. The number of benzene rings is 1. The summed E-state index contributed by atoms with van der Waals surface area (Å²) in [6, 6.07) is 4.39. The minimum Gasteiger partial charge on any atom is -0.447 e. The van der Waals surface area contributed by atoms with Crippen molar-refractivity contribution in [2.45, 2.75) is 26.1 Å². The molecular formula is C16H14ClF2N3O3. The maximum atomic E-state index is 12.4. The number of hydrogen-bond donors (Lipinski definition) is 0. The largest absolute Gasteiger partial charge is 0.447 e. The summed E-state index contributed by atoms with van der Waals surface area (Å²) in [6.45, 7) is -0.533. The van der Waals surface area contributed by atoms with Crippen molar-refractivity contribution in [2.75, 3.05) is 6.61 Å². The minimum absolute atomic E-state index is 0.0560. The molecule has 1 aliphatic heterocycles. The number of nitrogens with zero attached hydrogens (tertiary/aromatic N) is 3. The Bertz CT molecular complexity index is 791. The first-order chi connectivity index (χ1) is 11.9. The first kappa shape index (κ1) is 17.3. The fraction of sp³-hybridized carbons (Fsp3) is 0.312. The molecule has 25 heavy (non-hydrogen) atoms.